The Balaban J connectivity index is 2.30. The molecule has 0 atom stereocenters. The number of nitrogens with zero attached hydrogens (tertiary/aromatic N) is 1. The lowest BCUT2D eigenvalue weighted by Crippen LogP contribution is -2.40. The lowest BCUT2D eigenvalue weighted by Gasteiger charge is -2.26. The third-order valence-corrected chi connectivity index (χ3v) is 5.12. The second kappa shape index (κ2) is 5.63. The summed E-state index contributed by atoms with van der Waals surface area (Å²) in [5.41, 5.74) is 0.141. The van der Waals surface area contributed by atoms with Gasteiger partial charge in [-0.15, -0.1) is 0 Å². The minimum Gasteiger partial charge on any atom is -0.265 e. The van der Waals surface area contributed by atoms with Crippen molar-refractivity contribution in [3.05, 3.63) is 58.8 Å². The zero-order valence-electron chi connectivity index (χ0n) is 11.2. The number of hydrogen-bond acceptors (Lipinski definition) is 3. The SMILES string of the molecule is CC(C)(NS(=O)(=O)c1ccc(Br)cc1)c1ccncc1. The normalized spacial score (nSPS) is 12.3. The molecule has 4 nitrogen and oxygen atoms in total. The first kappa shape index (κ1) is 15.2. The molecule has 0 spiro atoms. The Bertz CT molecular complexity index is 683. The molecule has 1 N–H and O–H groups in total. The van der Waals surface area contributed by atoms with Crippen LogP contribution in [0.1, 0.15) is 19.4 Å². The molecule has 0 saturated carbocycles. The van der Waals surface area contributed by atoms with Crippen LogP contribution in [-0.2, 0) is 15.6 Å². The average Bonchev–Trinajstić information content (AvgIpc) is 2.39. The molecule has 0 bridgehead atoms. The number of rotatable bonds is 4. The largest absolute Gasteiger partial charge is 0.265 e. The first-order chi connectivity index (χ1) is 9.31. The fourth-order valence-corrected chi connectivity index (χ4v) is 3.50. The molecular weight excluding hydrogens is 340 g/mol. The van der Waals surface area contributed by atoms with Crippen LogP contribution in [-0.4, -0.2) is 13.4 Å². The molecule has 0 unspecified atom stereocenters. The molecule has 0 radical (unpaired) electrons. The van der Waals surface area contributed by atoms with Crippen molar-refractivity contribution in [3.63, 3.8) is 0 Å². The van der Waals surface area contributed by atoms with Crippen LogP contribution in [0.15, 0.2) is 58.2 Å². The Labute approximate surface area is 127 Å². The van der Waals surface area contributed by atoms with Gasteiger partial charge in [-0.05, 0) is 55.8 Å². The third-order valence-electron chi connectivity index (χ3n) is 2.92. The van der Waals surface area contributed by atoms with E-state index in [0.717, 1.165) is 10.0 Å². The first-order valence-corrected chi connectivity index (χ1v) is 8.29. The van der Waals surface area contributed by atoms with E-state index in [0.29, 0.717) is 0 Å². The molecule has 1 aromatic heterocycles. The quantitative estimate of drug-likeness (QED) is 0.917. The standard InChI is InChI=1S/C14H15BrN2O2S/c1-14(2,11-7-9-16-10-8-11)17-20(18,19)13-5-3-12(15)4-6-13/h3-10,17H,1-2H3. The fraction of sp³-hybridized carbons (Fsp3) is 0.214. The van der Waals surface area contributed by atoms with Crippen LogP contribution >= 0.6 is 15.9 Å². The van der Waals surface area contributed by atoms with E-state index in [-0.39, 0.29) is 4.90 Å². The van der Waals surface area contributed by atoms with Crippen molar-refractivity contribution in [2.75, 3.05) is 0 Å². The smallest absolute Gasteiger partial charge is 0.241 e. The first-order valence-electron chi connectivity index (χ1n) is 6.01. The number of aromatic nitrogens is 1. The number of benzene rings is 1. The molecule has 0 fully saturated rings. The third kappa shape index (κ3) is 3.45. The molecule has 106 valence electrons. The monoisotopic (exact) mass is 354 g/mol. The molecule has 6 heteroatoms. The van der Waals surface area contributed by atoms with Crippen LogP contribution in [0.2, 0.25) is 0 Å². The lowest BCUT2D eigenvalue weighted by atomic mass is 9.97. The van der Waals surface area contributed by atoms with Gasteiger partial charge in [-0.2, -0.15) is 0 Å². The molecule has 1 aromatic carbocycles. The molecule has 20 heavy (non-hydrogen) atoms. The highest BCUT2D eigenvalue weighted by molar-refractivity contribution is 9.10. The van der Waals surface area contributed by atoms with E-state index >= 15 is 0 Å². The topological polar surface area (TPSA) is 59.1 Å². The summed E-state index contributed by atoms with van der Waals surface area (Å²) in [6, 6.07) is 10.1. The summed E-state index contributed by atoms with van der Waals surface area (Å²) in [7, 11) is -3.57. The van der Waals surface area contributed by atoms with Gasteiger partial charge in [-0.3, -0.25) is 4.98 Å². The highest BCUT2D eigenvalue weighted by Gasteiger charge is 2.27. The van der Waals surface area contributed by atoms with E-state index in [2.05, 4.69) is 25.6 Å². The molecule has 2 aromatic rings. The maximum Gasteiger partial charge on any atom is 0.241 e. The predicted octanol–water partition coefficient (Wildman–Crippen LogP) is 3.06. The second-order valence-corrected chi connectivity index (χ2v) is 7.52. The summed E-state index contributed by atoms with van der Waals surface area (Å²) in [6.07, 6.45) is 3.29. The molecule has 0 saturated heterocycles. The Morgan fingerprint density at radius 1 is 1.05 bits per heavy atom. The van der Waals surface area contributed by atoms with E-state index < -0.39 is 15.6 Å². The molecule has 1 heterocycles. The Morgan fingerprint density at radius 3 is 2.15 bits per heavy atom. The molecule has 0 aliphatic rings. The highest BCUT2D eigenvalue weighted by Crippen LogP contribution is 2.23. The molecular formula is C14H15BrN2O2S. The van der Waals surface area contributed by atoms with Crippen LogP contribution in [0.3, 0.4) is 0 Å². The maximum absolute atomic E-state index is 12.4. The predicted molar refractivity (Wildman–Crippen MR) is 81.7 cm³/mol. The summed E-state index contributed by atoms with van der Waals surface area (Å²) < 4.78 is 28.3. The van der Waals surface area contributed by atoms with Crippen molar-refractivity contribution in [2.45, 2.75) is 24.3 Å². The molecule has 0 amide bonds. The zero-order valence-corrected chi connectivity index (χ0v) is 13.6. The molecule has 2 rings (SSSR count). The summed E-state index contributed by atoms with van der Waals surface area (Å²) in [4.78, 5) is 4.18. The van der Waals surface area contributed by atoms with Gasteiger partial charge in [0.1, 0.15) is 0 Å². The highest BCUT2D eigenvalue weighted by atomic mass is 79.9. The Hall–Kier alpha value is -1.24. The van der Waals surface area contributed by atoms with Crippen molar-refractivity contribution in [1.82, 2.24) is 9.71 Å². The molecule has 0 aliphatic carbocycles. The summed E-state index contributed by atoms with van der Waals surface area (Å²) in [6.45, 7) is 3.64. The minimum atomic E-state index is -3.57. The van der Waals surface area contributed by atoms with Gasteiger partial charge in [0.25, 0.3) is 0 Å². The number of nitrogens with one attached hydrogen (secondary N) is 1. The van der Waals surface area contributed by atoms with Crippen molar-refractivity contribution >= 4 is 26.0 Å². The Kier molecular flexibility index (Phi) is 4.27. The average molecular weight is 355 g/mol. The summed E-state index contributed by atoms with van der Waals surface area (Å²) in [5, 5.41) is 0. The summed E-state index contributed by atoms with van der Waals surface area (Å²) in [5.74, 6) is 0. The second-order valence-electron chi connectivity index (χ2n) is 4.92. The number of pyridine rings is 1. The maximum atomic E-state index is 12.4. The lowest BCUT2D eigenvalue weighted by molar-refractivity contribution is 0.471. The van der Waals surface area contributed by atoms with Gasteiger partial charge < -0.3 is 0 Å². The Morgan fingerprint density at radius 2 is 1.60 bits per heavy atom. The van der Waals surface area contributed by atoms with E-state index in [4.69, 9.17) is 0 Å². The van der Waals surface area contributed by atoms with E-state index in [9.17, 15) is 8.42 Å². The van der Waals surface area contributed by atoms with Gasteiger partial charge in [-0.1, -0.05) is 15.9 Å². The van der Waals surface area contributed by atoms with Crippen molar-refractivity contribution in [1.29, 1.82) is 0 Å². The van der Waals surface area contributed by atoms with Gasteiger partial charge in [0, 0.05) is 16.9 Å². The minimum absolute atomic E-state index is 0.239. The van der Waals surface area contributed by atoms with Crippen molar-refractivity contribution in [2.24, 2.45) is 0 Å². The zero-order chi connectivity index (χ0) is 14.8. The van der Waals surface area contributed by atoms with Gasteiger partial charge in [0.15, 0.2) is 0 Å². The van der Waals surface area contributed by atoms with Crippen LogP contribution in [0.25, 0.3) is 0 Å². The van der Waals surface area contributed by atoms with E-state index in [1.165, 1.54) is 0 Å². The van der Waals surface area contributed by atoms with Crippen LogP contribution in [0, 0.1) is 0 Å². The van der Waals surface area contributed by atoms with Crippen molar-refractivity contribution in [3.8, 4) is 0 Å². The summed E-state index contributed by atoms with van der Waals surface area (Å²) >= 11 is 3.29. The fourth-order valence-electron chi connectivity index (χ4n) is 1.84. The van der Waals surface area contributed by atoms with Crippen LogP contribution in [0.5, 0.6) is 0 Å². The van der Waals surface area contributed by atoms with Crippen LogP contribution < -0.4 is 4.72 Å². The van der Waals surface area contributed by atoms with E-state index in [1.807, 2.05) is 13.8 Å². The van der Waals surface area contributed by atoms with Gasteiger partial charge in [0.2, 0.25) is 10.0 Å². The molecule has 0 aliphatic heterocycles. The van der Waals surface area contributed by atoms with Gasteiger partial charge in [0.05, 0.1) is 10.4 Å². The van der Waals surface area contributed by atoms with Crippen LogP contribution in [0.4, 0.5) is 0 Å². The number of halogens is 1. The van der Waals surface area contributed by atoms with Crippen molar-refractivity contribution < 1.29 is 8.42 Å². The number of hydrogen-bond donors (Lipinski definition) is 1. The number of sulfonamides is 1. The van der Waals surface area contributed by atoms with Gasteiger partial charge >= 0.3 is 0 Å². The van der Waals surface area contributed by atoms with Gasteiger partial charge in [-0.25, -0.2) is 13.1 Å². The van der Waals surface area contributed by atoms with E-state index in [1.54, 1.807) is 48.8 Å².